The average molecular weight is 350 g/mol. The van der Waals surface area contributed by atoms with Crippen LogP contribution in [-0.4, -0.2) is 36.2 Å². The van der Waals surface area contributed by atoms with Crippen LogP contribution in [0.1, 0.15) is 53.9 Å². The minimum absolute atomic E-state index is 0.125. The molecular formula is C19H26O6. The van der Waals surface area contributed by atoms with Gasteiger partial charge < -0.3 is 14.2 Å². The molecule has 1 aliphatic heterocycles. The Morgan fingerprint density at radius 2 is 1.84 bits per heavy atom. The summed E-state index contributed by atoms with van der Waals surface area (Å²) in [6, 6.07) is 0. The van der Waals surface area contributed by atoms with E-state index in [9.17, 15) is 14.4 Å². The highest BCUT2D eigenvalue weighted by Crippen LogP contribution is 2.56. The SMILES string of the molecule is CC(=O)O[C@H]1C[C@@H](OC(C)=O)[C@]2(C)CC[C@@H]3[C@H](OC(=O)[C@@H]3C)C2=C1C. The van der Waals surface area contributed by atoms with Crippen LogP contribution in [0.25, 0.3) is 0 Å². The van der Waals surface area contributed by atoms with E-state index in [2.05, 4.69) is 6.92 Å². The molecule has 6 heteroatoms. The third-order valence-electron chi connectivity index (χ3n) is 6.21. The first-order chi connectivity index (χ1) is 11.6. The second-order valence-electron chi connectivity index (χ2n) is 7.79. The summed E-state index contributed by atoms with van der Waals surface area (Å²) in [5.74, 6) is -0.932. The summed E-state index contributed by atoms with van der Waals surface area (Å²) in [6.07, 6.45) is 0.916. The van der Waals surface area contributed by atoms with Gasteiger partial charge in [-0.15, -0.1) is 0 Å². The number of hydrogen-bond acceptors (Lipinski definition) is 6. The molecule has 0 N–H and O–H groups in total. The van der Waals surface area contributed by atoms with Gasteiger partial charge in [0, 0.05) is 31.6 Å². The lowest BCUT2D eigenvalue weighted by Crippen LogP contribution is -2.52. The molecule has 3 rings (SSSR count). The maximum absolute atomic E-state index is 12.1. The first-order valence-electron chi connectivity index (χ1n) is 8.91. The predicted molar refractivity (Wildman–Crippen MR) is 88.3 cm³/mol. The number of hydrogen-bond donors (Lipinski definition) is 0. The van der Waals surface area contributed by atoms with Gasteiger partial charge in [-0.3, -0.25) is 14.4 Å². The summed E-state index contributed by atoms with van der Waals surface area (Å²) in [5, 5.41) is 0. The standard InChI is InChI=1S/C19H26O6/c1-9-13-6-7-19(5)15(24-12(4)21)8-14(23-11(3)20)10(2)16(19)17(13)25-18(9)22/h9,13-15,17H,6-8H2,1-5H3/t9-,13+,14+,15-,17+,19+/m1/s1. The number of carbonyl (C=O) groups is 3. The Kier molecular flexibility index (Phi) is 4.41. The fourth-order valence-electron chi connectivity index (χ4n) is 4.89. The van der Waals surface area contributed by atoms with Gasteiger partial charge in [0.1, 0.15) is 18.3 Å². The first-order valence-corrected chi connectivity index (χ1v) is 8.91. The van der Waals surface area contributed by atoms with Gasteiger partial charge in [0.05, 0.1) is 5.92 Å². The van der Waals surface area contributed by atoms with Crippen molar-refractivity contribution in [3.8, 4) is 0 Å². The van der Waals surface area contributed by atoms with Gasteiger partial charge >= 0.3 is 17.9 Å². The number of fused-ring (bicyclic) bond motifs is 3. The summed E-state index contributed by atoms with van der Waals surface area (Å²) in [7, 11) is 0. The van der Waals surface area contributed by atoms with Gasteiger partial charge in [0.15, 0.2) is 0 Å². The zero-order chi connectivity index (χ0) is 18.5. The zero-order valence-corrected chi connectivity index (χ0v) is 15.5. The Balaban J connectivity index is 2.06. The van der Waals surface area contributed by atoms with E-state index in [0.717, 1.165) is 24.0 Å². The van der Waals surface area contributed by atoms with E-state index in [1.165, 1.54) is 13.8 Å². The molecule has 1 saturated carbocycles. The third-order valence-corrected chi connectivity index (χ3v) is 6.21. The molecule has 6 atom stereocenters. The Bertz CT molecular complexity index is 650. The van der Waals surface area contributed by atoms with Gasteiger partial charge in [-0.2, -0.15) is 0 Å². The molecule has 25 heavy (non-hydrogen) atoms. The molecule has 0 radical (unpaired) electrons. The quantitative estimate of drug-likeness (QED) is 0.433. The molecule has 2 fully saturated rings. The molecule has 0 unspecified atom stereocenters. The van der Waals surface area contributed by atoms with Crippen molar-refractivity contribution in [2.45, 2.75) is 72.2 Å². The summed E-state index contributed by atoms with van der Waals surface area (Å²) < 4.78 is 16.8. The smallest absolute Gasteiger partial charge is 0.309 e. The van der Waals surface area contributed by atoms with Crippen LogP contribution >= 0.6 is 0 Å². The Labute approximate surface area is 147 Å². The normalized spacial score (nSPS) is 40.0. The van der Waals surface area contributed by atoms with Crippen LogP contribution in [0.15, 0.2) is 11.1 Å². The van der Waals surface area contributed by atoms with Crippen LogP contribution in [0.5, 0.6) is 0 Å². The number of carbonyl (C=O) groups excluding carboxylic acids is 3. The van der Waals surface area contributed by atoms with E-state index >= 15 is 0 Å². The van der Waals surface area contributed by atoms with Crippen molar-refractivity contribution in [1.29, 1.82) is 0 Å². The monoisotopic (exact) mass is 350 g/mol. The highest BCUT2D eigenvalue weighted by Gasteiger charge is 2.58. The van der Waals surface area contributed by atoms with E-state index in [1.54, 1.807) is 0 Å². The maximum atomic E-state index is 12.1. The van der Waals surface area contributed by atoms with Crippen LogP contribution in [0.4, 0.5) is 0 Å². The van der Waals surface area contributed by atoms with Crippen molar-refractivity contribution < 1.29 is 28.6 Å². The van der Waals surface area contributed by atoms with E-state index in [0.29, 0.717) is 6.42 Å². The van der Waals surface area contributed by atoms with Crippen molar-refractivity contribution in [3.05, 3.63) is 11.1 Å². The van der Waals surface area contributed by atoms with Gasteiger partial charge in [-0.25, -0.2) is 0 Å². The Morgan fingerprint density at radius 3 is 2.44 bits per heavy atom. The van der Waals surface area contributed by atoms with Crippen molar-refractivity contribution in [1.82, 2.24) is 0 Å². The fourth-order valence-corrected chi connectivity index (χ4v) is 4.89. The number of ether oxygens (including phenoxy) is 3. The van der Waals surface area contributed by atoms with Gasteiger partial charge in [-0.1, -0.05) is 13.8 Å². The van der Waals surface area contributed by atoms with E-state index in [4.69, 9.17) is 14.2 Å². The minimum Gasteiger partial charge on any atom is -0.461 e. The van der Waals surface area contributed by atoms with Gasteiger partial charge in [0.2, 0.25) is 0 Å². The van der Waals surface area contributed by atoms with Crippen molar-refractivity contribution in [2.75, 3.05) is 0 Å². The molecule has 0 aromatic rings. The van der Waals surface area contributed by atoms with Gasteiger partial charge in [-0.05, 0) is 30.9 Å². The highest BCUT2D eigenvalue weighted by atomic mass is 16.6. The van der Waals surface area contributed by atoms with Crippen molar-refractivity contribution >= 4 is 17.9 Å². The molecule has 0 bridgehead atoms. The Morgan fingerprint density at radius 1 is 1.20 bits per heavy atom. The average Bonchev–Trinajstić information content (AvgIpc) is 2.78. The summed E-state index contributed by atoms with van der Waals surface area (Å²) >= 11 is 0. The summed E-state index contributed by atoms with van der Waals surface area (Å²) in [5.41, 5.74) is 1.50. The molecule has 0 aromatic heterocycles. The van der Waals surface area contributed by atoms with E-state index in [1.807, 2.05) is 13.8 Å². The Hall–Kier alpha value is -1.85. The van der Waals surface area contributed by atoms with Crippen molar-refractivity contribution in [2.24, 2.45) is 17.3 Å². The van der Waals surface area contributed by atoms with Crippen LogP contribution in [0, 0.1) is 17.3 Å². The molecule has 0 spiro atoms. The molecule has 0 amide bonds. The van der Waals surface area contributed by atoms with Crippen molar-refractivity contribution in [3.63, 3.8) is 0 Å². The van der Waals surface area contributed by atoms with Gasteiger partial charge in [0.25, 0.3) is 0 Å². The predicted octanol–water partition coefficient (Wildman–Crippen LogP) is 2.55. The van der Waals surface area contributed by atoms with Crippen LogP contribution < -0.4 is 0 Å². The van der Waals surface area contributed by atoms with Crippen LogP contribution in [0.2, 0.25) is 0 Å². The fraction of sp³-hybridized carbons (Fsp3) is 0.737. The first kappa shape index (κ1) is 18.0. The molecular weight excluding hydrogens is 324 g/mol. The minimum atomic E-state index is -0.460. The second-order valence-corrected chi connectivity index (χ2v) is 7.79. The third kappa shape index (κ3) is 2.85. The largest absolute Gasteiger partial charge is 0.461 e. The zero-order valence-electron chi connectivity index (χ0n) is 15.5. The molecule has 6 nitrogen and oxygen atoms in total. The molecule has 1 heterocycles. The van der Waals surface area contributed by atoms with E-state index < -0.39 is 17.6 Å². The highest BCUT2D eigenvalue weighted by molar-refractivity contribution is 5.76. The summed E-state index contributed by atoms with van der Waals surface area (Å²) in [4.78, 5) is 35.3. The lowest BCUT2D eigenvalue weighted by molar-refractivity contribution is -0.162. The topological polar surface area (TPSA) is 78.9 Å². The lowest BCUT2D eigenvalue weighted by atomic mass is 9.57. The molecule has 3 aliphatic rings. The van der Waals surface area contributed by atoms with Crippen LogP contribution in [0.3, 0.4) is 0 Å². The molecule has 0 aromatic carbocycles. The molecule has 1 saturated heterocycles. The molecule has 2 aliphatic carbocycles. The molecule has 138 valence electrons. The van der Waals surface area contributed by atoms with E-state index in [-0.39, 0.29) is 35.8 Å². The summed E-state index contributed by atoms with van der Waals surface area (Å²) in [6.45, 7) is 8.66. The number of esters is 3. The van der Waals surface area contributed by atoms with Crippen LogP contribution in [-0.2, 0) is 28.6 Å². The second kappa shape index (κ2) is 6.15. The lowest BCUT2D eigenvalue weighted by Gasteiger charge is -2.51. The number of rotatable bonds is 2. The maximum Gasteiger partial charge on any atom is 0.309 e.